The number of rotatable bonds is 3. The molecule has 2 atom stereocenters. The van der Waals surface area contributed by atoms with Gasteiger partial charge in [0.1, 0.15) is 0 Å². The van der Waals surface area contributed by atoms with Crippen molar-refractivity contribution in [1.82, 2.24) is 9.78 Å². The summed E-state index contributed by atoms with van der Waals surface area (Å²) in [5, 5.41) is 4.46. The summed E-state index contributed by atoms with van der Waals surface area (Å²) < 4.78 is 2.20. The van der Waals surface area contributed by atoms with E-state index in [4.69, 9.17) is 5.73 Å². The fourth-order valence-corrected chi connectivity index (χ4v) is 3.17. The van der Waals surface area contributed by atoms with Crippen molar-refractivity contribution < 1.29 is 0 Å². The van der Waals surface area contributed by atoms with Gasteiger partial charge in [-0.2, -0.15) is 16.9 Å². The van der Waals surface area contributed by atoms with E-state index < -0.39 is 0 Å². The highest BCUT2D eigenvalue weighted by molar-refractivity contribution is 7.99. The predicted octanol–water partition coefficient (Wildman–Crippen LogP) is 2.01. The molecule has 4 heteroatoms. The SMILES string of the molecule is CC(CN)c1ccnn1C1CCCSC1. The van der Waals surface area contributed by atoms with Crippen LogP contribution in [0.2, 0.25) is 0 Å². The molecule has 0 radical (unpaired) electrons. The third-order valence-electron chi connectivity index (χ3n) is 3.04. The van der Waals surface area contributed by atoms with Gasteiger partial charge >= 0.3 is 0 Å². The van der Waals surface area contributed by atoms with Crippen LogP contribution in [0.15, 0.2) is 12.3 Å². The van der Waals surface area contributed by atoms with E-state index in [-0.39, 0.29) is 0 Å². The molecule has 3 nitrogen and oxygen atoms in total. The lowest BCUT2D eigenvalue weighted by atomic mass is 10.1. The monoisotopic (exact) mass is 225 g/mol. The first-order valence-electron chi connectivity index (χ1n) is 5.64. The third kappa shape index (κ3) is 2.37. The molecule has 0 amide bonds. The molecule has 2 rings (SSSR count). The predicted molar refractivity (Wildman–Crippen MR) is 65.3 cm³/mol. The van der Waals surface area contributed by atoms with Gasteiger partial charge in [-0.3, -0.25) is 4.68 Å². The van der Waals surface area contributed by atoms with Crippen molar-refractivity contribution in [3.05, 3.63) is 18.0 Å². The average molecular weight is 225 g/mol. The summed E-state index contributed by atoms with van der Waals surface area (Å²) in [7, 11) is 0. The number of aromatic nitrogens is 2. The first kappa shape index (κ1) is 11.0. The van der Waals surface area contributed by atoms with Gasteiger partial charge in [0.15, 0.2) is 0 Å². The van der Waals surface area contributed by atoms with Crippen molar-refractivity contribution >= 4 is 11.8 Å². The second kappa shape index (κ2) is 5.03. The van der Waals surface area contributed by atoms with Crippen LogP contribution in [0.4, 0.5) is 0 Å². The van der Waals surface area contributed by atoms with E-state index in [1.165, 1.54) is 30.0 Å². The van der Waals surface area contributed by atoms with Gasteiger partial charge in [-0.15, -0.1) is 0 Å². The van der Waals surface area contributed by atoms with Gasteiger partial charge < -0.3 is 5.73 Å². The van der Waals surface area contributed by atoms with Gasteiger partial charge in [0.05, 0.1) is 6.04 Å². The van der Waals surface area contributed by atoms with E-state index in [9.17, 15) is 0 Å². The summed E-state index contributed by atoms with van der Waals surface area (Å²) in [6, 6.07) is 2.69. The van der Waals surface area contributed by atoms with Crippen molar-refractivity contribution in [1.29, 1.82) is 0 Å². The Kier molecular flexibility index (Phi) is 3.70. The van der Waals surface area contributed by atoms with E-state index in [1.54, 1.807) is 0 Å². The highest BCUT2D eigenvalue weighted by Crippen LogP contribution is 2.28. The smallest absolute Gasteiger partial charge is 0.0613 e. The quantitative estimate of drug-likeness (QED) is 0.856. The second-order valence-electron chi connectivity index (χ2n) is 4.21. The zero-order valence-electron chi connectivity index (χ0n) is 9.22. The molecule has 1 aromatic heterocycles. The molecule has 84 valence electrons. The van der Waals surface area contributed by atoms with Crippen LogP contribution in [0.1, 0.15) is 37.4 Å². The Hall–Kier alpha value is -0.480. The van der Waals surface area contributed by atoms with E-state index in [2.05, 4.69) is 22.8 Å². The lowest BCUT2D eigenvalue weighted by Crippen LogP contribution is -2.22. The molecule has 1 saturated heterocycles. The maximum atomic E-state index is 5.72. The van der Waals surface area contributed by atoms with E-state index in [0.717, 1.165) is 0 Å². The summed E-state index contributed by atoms with van der Waals surface area (Å²) in [4.78, 5) is 0. The average Bonchev–Trinajstić information content (AvgIpc) is 2.78. The van der Waals surface area contributed by atoms with Crippen LogP contribution in [0, 0.1) is 0 Å². The number of thioether (sulfide) groups is 1. The fraction of sp³-hybridized carbons (Fsp3) is 0.727. The topological polar surface area (TPSA) is 43.8 Å². The Morgan fingerprint density at radius 1 is 1.73 bits per heavy atom. The van der Waals surface area contributed by atoms with Crippen LogP contribution < -0.4 is 5.73 Å². The van der Waals surface area contributed by atoms with Crippen LogP contribution in [0.3, 0.4) is 0 Å². The van der Waals surface area contributed by atoms with Crippen LogP contribution in [0.5, 0.6) is 0 Å². The fourth-order valence-electron chi connectivity index (χ4n) is 2.06. The van der Waals surface area contributed by atoms with Crippen LogP contribution in [-0.2, 0) is 0 Å². The molecule has 2 heterocycles. The standard InChI is InChI=1S/C11H19N3S/c1-9(7-12)11-4-5-13-14(11)10-3-2-6-15-8-10/h4-5,9-10H,2-3,6-8,12H2,1H3. The zero-order valence-corrected chi connectivity index (χ0v) is 10.0. The second-order valence-corrected chi connectivity index (χ2v) is 5.36. The van der Waals surface area contributed by atoms with Crippen molar-refractivity contribution in [3.63, 3.8) is 0 Å². The van der Waals surface area contributed by atoms with Gasteiger partial charge in [-0.25, -0.2) is 0 Å². The summed E-state index contributed by atoms with van der Waals surface area (Å²) in [6.45, 7) is 2.87. The summed E-state index contributed by atoms with van der Waals surface area (Å²) >= 11 is 2.04. The minimum Gasteiger partial charge on any atom is -0.330 e. The van der Waals surface area contributed by atoms with Gasteiger partial charge in [0, 0.05) is 30.1 Å². The molecule has 15 heavy (non-hydrogen) atoms. The normalized spacial score (nSPS) is 24.0. The summed E-state index contributed by atoms with van der Waals surface area (Å²) in [5.41, 5.74) is 7.01. The van der Waals surface area contributed by atoms with Crippen molar-refractivity contribution in [3.8, 4) is 0 Å². The molecular weight excluding hydrogens is 206 g/mol. The largest absolute Gasteiger partial charge is 0.330 e. The van der Waals surface area contributed by atoms with Gasteiger partial charge in [-0.1, -0.05) is 6.92 Å². The molecule has 1 aromatic rings. The summed E-state index contributed by atoms with van der Waals surface area (Å²) in [6.07, 6.45) is 4.48. The molecule has 1 aliphatic heterocycles. The maximum absolute atomic E-state index is 5.72. The molecule has 2 unspecified atom stereocenters. The van der Waals surface area contributed by atoms with Crippen LogP contribution >= 0.6 is 11.8 Å². The van der Waals surface area contributed by atoms with Gasteiger partial charge in [0.25, 0.3) is 0 Å². The first-order valence-corrected chi connectivity index (χ1v) is 6.79. The highest BCUT2D eigenvalue weighted by Gasteiger charge is 2.20. The van der Waals surface area contributed by atoms with E-state index >= 15 is 0 Å². The molecule has 0 spiro atoms. The van der Waals surface area contributed by atoms with Gasteiger partial charge in [-0.05, 0) is 24.7 Å². The molecule has 0 aromatic carbocycles. The number of nitrogens with two attached hydrogens (primary N) is 1. The lowest BCUT2D eigenvalue weighted by Gasteiger charge is -2.25. The minimum atomic E-state index is 0.416. The Labute approximate surface area is 95.4 Å². The Morgan fingerprint density at radius 2 is 2.60 bits per heavy atom. The van der Waals surface area contributed by atoms with E-state index in [1.807, 2.05) is 18.0 Å². The number of nitrogens with zero attached hydrogens (tertiary/aromatic N) is 2. The van der Waals surface area contributed by atoms with Gasteiger partial charge in [0.2, 0.25) is 0 Å². The number of hydrogen-bond donors (Lipinski definition) is 1. The molecule has 1 aliphatic rings. The van der Waals surface area contributed by atoms with Crippen LogP contribution in [0.25, 0.3) is 0 Å². The van der Waals surface area contributed by atoms with Crippen molar-refractivity contribution in [2.45, 2.75) is 31.7 Å². The molecular formula is C11H19N3S. The van der Waals surface area contributed by atoms with E-state index in [0.29, 0.717) is 18.5 Å². The Morgan fingerprint density at radius 3 is 3.27 bits per heavy atom. The molecule has 1 fully saturated rings. The third-order valence-corrected chi connectivity index (χ3v) is 4.24. The summed E-state index contributed by atoms with van der Waals surface area (Å²) in [5.74, 6) is 2.92. The molecule has 2 N–H and O–H groups in total. The maximum Gasteiger partial charge on any atom is 0.0613 e. The Balaban J connectivity index is 2.15. The first-order chi connectivity index (χ1) is 7.33. The lowest BCUT2D eigenvalue weighted by molar-refractivity contribution is 0.430. The van der Waals surface area contributed by atoms with Crippen molar-refractivity contribution in [2.75, 3.05) is 18.1 Å². The number of hydrogen-bond acceptors (Lipinski definition) is 3. The minimum absolute atomic E-state index is 0.416. The molecule has 0 saturated carbocycles. The Bertz CT molecular complexity index is 305. The highest BCUT2D eigenvalue weighted by atomic mass is 32.2. The van der Waals surface area contributed by atoms with Crippen molar-refractivity contribution in [2.24, 2.45) is 5.73 Å². The zero-order chi connectivity index (χ0) is 10.7. The molecule has 0 aliphatic carbocycles. The molecule has 0 bridgehead atoms. The van der Waals surface area contributed by atoms with Crippen LogP contribution in [-0.4, -0.2) is 27.8 Å².